The molecule has 29 heavy (non-hydrogen) atoms. The number of aromatic nitrogens is 3. The van der Waals surface area contributed by atoms with E-state index < -0.39 is 0 Å². The lowest BCUT2D eigenvalue weighted by atomic mass is 10.1. The predicted molar refractivity (Wildman–Crippen MR) is 115 cm³/mol. The zero-order chi connectivity index (χ0) is 19.6. The average Bonchev–Trinajstić information content (AvgIpc) is 3.23. The van der Waals surface area contributed by atoms with E-state index in [9.17, 15) is 0 Å². The van der Waals surface area contributed by atoms with E-state index in [-0.39, 0.29) is 0 Å². The summed E-state index contributed by atoms with van der Waals surface area (Å²) in [5, 5.41) is 0. The van der Waals surface area contributed by atoms with Crippen LogP contribution < -0.4 is 0 Å². The van der Waals surface area contributed by atoms with Gasteiger partial charge in [-0.1, -0.05) is 28.1 Å². The van der Waals surface area contributed by atoms with Crippen LogP contribution in [0.1, 0.15) is 17.0 Å². The topological polar surface area (TPSA) is 55.1 Å². The van der Waals surface area contributed by atoms with Gasteiger partial charge in [-0.25, -0.2) is 9.97 Å². The molecule has 0 saturated carbocycles. The minimum atomic E-state index is 0.768. The van der Waals surface area contributed by atoms with Gasteiger partial charge in [0.15, 0.2) is 5.82 Å². The number of nitrogens with zero attached hydrogens (tertiary/aromatic N) is 4. The zero-order valence-electron chi connectivity index (χ0n) is 15.8. The normalized spacial score (nSPS) is 14.0. The molecule has 0 saturated heterocycles. The van der Waals surface area contributed by atoms with Crippen LogP contribution >= 0.6 is 15.9 Å². The maximum Gasteiger partial charge on any atom is 0.159 e. The van der Waals surface area contributed by atoms with Crippen molar-refractivity contribution in [3.63, 3.8) is 0 Å². The third-order valence-electron chi connectivity index (χ3n) is 5.12. The van der Waals surface area contributed by atoms with Crippen LogP contribution in [0.5, 0.6) is 0 Å². The fourth-order valence-corrected chi connectivity index (χ4v) is 3.87. The summed E-state index contributed by atoms with van der Waals surface area (Å²) in [6.45, 7) is 2.57. The van der Waals surface area contributed by atoms with Crippen LogP contribution in [0.3, 0.4) is 0 Å². The smallest absolute Gasteiger partial charge is 0.159 e. The molecule has 1 aliphatic rings. The van der Waals surface area contributed by atoms with Crippen molar-refractivity contribution >= 4 is 15.9 Å². The van der Waals surface area contributed by atoms with E-state index in [4.69, 9.17) is 9.40 Å². The number of furan rings is 1. The first-order chi connectivity index (χ1) is 14.2. The van der Waals surface area contributed by atoms with Crippen LogP contribution in [0.2, 0.25) is 0 Å². The molecule has 3 aromatic heterocycles. The Morgan fingerprint density at radius 1 is 0.966 bits per heavy atom. The van der Waals surface area contributed by atoms with Gasteiger partial charge in [0.1, 0.15) is 11.5 Å². The summed E-state index contributed by atoms with van der Waals surface area (Å²) < 4.78 is 7.15. The van der Waals surface area contributed by atoms with Crippen molar-refractivity contribution in [1.29, 1.82) is 0 Å². The third kappa shape index (κ3) is 3.99. The lowest BCUT2D eigenvalue weighted by Crippen LogP contribution is -2.30. The Morgan fingerprint density at radius 3 is 2.62 bits per heavy atom. The standard InChI is InChI=1S/C23H19BrN4O/c24-19-3-1-16(2-4-19)22-6-5-20(29-22)15-28-12-9-21-18(14-28)13-26-23(27-21)17-7-10-25-11-8-17/h1-8,10-11,13H,9,12,14-15H2. The Labute approximate surface area is 177 Å². The van der Waals surface area contributed by atoms with Gasteiger partial charge in [-0.05, 0) is 36.4 Å². The molecule has 0 radical (unpaired) electrons. The maximum absolute atomic E-state index is 6.08. The maximum atomic E-state index is 6.08. The van der Waals surface area contributed by atoms with Crippen LogP contribution in [-0.2, 0) is 19.5 Å². The van der Waals surface area contributed by atoms with Crippen LogP contribution in [0, 0.1) is 0 Å². The summed E-state index contributed by atoms with van der Waals surface area (Å²) in [7, 11) is 0. The van der Waals surface area contributed by atoms with Gasteiger partial charge in [0.25, 0.3) is 0 Å². The molecular weight excluding hydrogens is 428 g/mol. The SMILES string of the molecule is Brc1ccc(-c2ccc(CN3CCc4nc(-c5ccncc5)ncc4C3)o2)cc1. The minimum Gasteiger partial charge on any atom is -0.460 e. The molecule has 5 rings (SSSR count). The van der Waals surface area contributed by atoms with Gasteiger partial charge in [-0.2, -0.15) is 0 Å². The summed E-state index contributed by atoms with van der Waals surface area (Å²) >= 11 is 3.47. The van der Waals surface area contributed by atoms with Crippen molar-refractivity contribution in [3.8, 4) is 22.7 Å². The Morgan fingerprint density at radius 2 is 1.79 bits per heavy atom. The quantitative estimate of drug-likeness (QED) is 0.435. The minimum absolute atomic E-state index is 0.768. The van der Waals surface area contributed by atoms with Gasteiger partial charge < -0.3 is 4.42 Å². The number of benzene rings is 1. The third-order valence-corrected chi connectivity index (χ3v) is 5.65. The average molecular weight is 447 g/mol. The lowest BCUT2D eigenvalue weighted by Gasteiger charge is -2.27. The van der Waals surface area contributed by atoms with E-state index in [2.05, 4.69) is 49.0 Å². The summed E-state index contributed by atoms with van der Waals surface area (Å²) in [5.74, 6) is 2.64. The molecule has 0 atom stereocenters. The number of pyridine rings is 1. The number of fused-ring (bicyclic) bond motifs is 1. The van der Waals surface area contributed by atoms with E-state index >= 15 is 0 Å². The summed E-state index contributed by atoms with van der Waals surface area (Å²) in [5.41, 5.74) is 4.41. The highest BCUT2D eigenvalue weighted by molar-refractivity contribution is 9.10. The summed E-state index contributed by atoms with van der Waals surface area (Å²) in [6.07, 6.45) is 6.41. The van der Waals surface area contributed by atoms with Crippen LogP contribution in [0.25, 0.3) is 22.7 Å². The van der Waals surface area contributed by atoms with E-state index in [0.29, 0.717) is 0 Å². The fraction of sp³-hybridized carbons (Fsp3) is 0.174. The van der Waals surface area contributed by atoms with Crippen molar-refractivity contribution in [2.75, 3.05) is 6.54 Å². The Hall–Kier alpha value is -2.83. The van der Waals surface area contributed by atoms with E-state index in [1.807, 2.05) is 36.5 Å². The number of rotatable bonds is 4. The molecule has 0 spiro atoms. The fourth-order valence-electron chi connectivity index (χ4n) is 3.60. The monoisotopic (exact) mass is 446 g/mol. The van der Waals surface area contributed by atoms with Gasteiger partial charge in [-0.3, -0.25) is 9.88 Å². The number of hydrogen-bond acceptors (Lipinski definition) is 5. The van der Waals surface area contributed by atoms with Crippen molar-refractivity contribution in [1.82, 2.24) is 19.9 Å². The number of hydrogen-bond donors (Lipinski definition) is 0. The van der Waals surface area contributed by atoms with Crippen LogP contribution in [0.15, 0.2) is 76.0 Å². The van der Waals surface area contributed by atoms with Crippen LogP contribution in [-0.4, -0.2) is 26.4 Å². The molecule has 0 bridgehead atoms. The molecule has 0 amide bonds. The molecule has 0 N–H and O–H groups in total. The van der Waals surface area contributed by atoms with E-state index in [0.717, 1.165) is 64.7 Å². The highest BCUT2D eigenvalue weighted by Crippen LogP contribution is 2.26. The molecule has 1 aliphatic heterocycles. The van der Waals surface area contributed by atoms with Gasteiger partial charge in [-0.15, -0.1) is 0 Å². The van der Waals surface area contributed by atoms with Crippen molar-refractivity contribution in [2.45, 2.75) is 19.5 Å². The van der Waals surface area contributed by atoms with Gasteiger partial charge in [0.2, 0.25) is 0 Å². The molecule has 6 heteroatoms. The van der Waals surface area contributed by atoms with Gasteiger partial charge in [0.05, 0.1) is 12.2 Å². The Balaban J connectivity index is 1.29. The summed E-state index contributed by atoms with van der Waals surface area (Å²) in [4.78, 5) is 15.8. The van der Waals surface area contributed by atoms with E-state index in [1.54, 1.807) is 12.4 Å². The Kier molecular flexibility index (Phi) is 4.96. The highest BCUT2D eigenvalue weighted by atomic mass is 79.9. The van der Waals surface area contributed by atoms with Crippen molar-refractivity contribution < 1.29 is 4.42 Å². The highest BCUT2D eigenvalue weighted by Gasteiger charge is 2.20. The molecule has 5 nitrogen and oxygen atoms in total. The predicted octanol–water partition coefficient (Wildman–Crippen LogP) is 5.12. The van der Waals surface area contributed by atoms with Crippen molar-refractivity contribution in [3.05, 3.63) is 88.6 Å². The van der Waals surface area contributed by atoms with Crippen LogP contribution in [0.4, 0.5) is 0 Å². The first-order valence-electron chi connectivity index (χ1n) is 9.57. The molecular formula is C23H19BrN4O. The van der Waals surface area contributed by atoms with Gasteiger partial charge in [0, 0.05) is 59.3 Å². The molecule has 4 aromatic rings. The molecule has 0 aliphatic carbocycles. The first kappa shape index (κ1) is 18.2. The molecule has 0 unspecified atom stereocenters. The molecule has 144 valence electrons. The molecule has 1 aromatic carbocycles. The largest absolute Gasteiger partial charge is 0.460 e. The molecule has 4 heterocycles. The van der Waals surface area contributed by atoms with Crippen molar-refractivity contribution in [2.24, 2.45) is 0 Å². The van der Waals surface area contributed by atoms with E-state index in [1.165, 1.54) is 5.56 Å². The Bertz CT molecular complexity index is 1130. The van der Waals surface area contributed by atoms with Gasteiger partial charge >= 0.3 is 0 Å². The second-order valence-electron chi connectivity index (χ2n) is 7.13. The second kappa shape index (κ2) is 7.89. The lowest BCUT2D eigenvalue weighted by molar-refractivity contribution is 0.224. The second-order valence-corrected chi connectivity index (χ2v) is 8.05. The zero-order valence-corrected chi connectivity index (χ0v) is 17.3. The first-order valence-corrected chi connectivity index (χ1v) is 10.4. The summed E-state index contributed by atoms with van der Waals surface area (Å²) in [6, 6.07) is 16.2. The molecule has 0 fully saturated rings. The number of halogens is 1.